The van der Waals surface area contributed by atoms with Crippen molar-refractivity contribution in [1.29, 1.82) is 0 Å². The van der Waals surface area contributed by atoms with Crippen LogP contribution in [0.3, 0.4) is 0 Å². The number of alkyl halides is 3. The van der Waals surface area contributed by atoms with Crippen LogP contribution in [0.4, 0.5) is 13.2 Å². The summed E-state index contributed by atoms with van der Waals surface area (Å²) in [6.45, 7) is 1.76. The fraction of sp³-hybridized carbons (Fsp3) is 0.385. The van der Waals surface area contributed by atoms with Gasteiger partial charge in [-0.25, -0.2) is 0 Å². The van der Waals surface area contributed by atoms with Crippen molar-refractivity contribution < 1.29 is 27.5 Å². The second kappa shape index (κ2) is 6.99. The Hall–Kier alpha value is -1.55. The van der Waals surface area contributed by atoms with Crippen LogP contribution >= 0.6 is 19.4 Å². The fourth-order valence-electron chi connectivity index (χ4n) is 2.28. The van der Waals surface area contributed by atoms with E-state index in [0.717, 1.165) is 6.07 Å². The van der Waals surface area contributed by atoms with Gasteiger partial charge in [0.2, 0.25) is 0 Å². The summed E-state index contributed by atoms with van der Waals surface area (Å²) in [5.41, 5.74) is -4.12. The predicted molar refractivity (Wildman–Crippen MR) is 87.7 cm³/mol. The van der Waals surface area contributed by atoms with Crippen LogP contribution in [0.25, 0.3) is 11.0 Å². The van der Waals surface area contributed by atoms with Gasteiger partial charge in [0.05, 0.1) is 16.6 Å². The minimum atomic E-state index is -4.74. The third kappa shape index (κ3) is 4.55. The summed E-state index contributed by atoms with van der Waals surface area (Å²) >= 11 is 1.21. The number of halogens is 3. The highest BCUT2D eigenvalue weighted by atomic mass is 32.2. The van der Waals surface area contributed by atoms with E-state index in [1.54, 1.807) is 6.92 Å². The maximum absolute atomic E-state index is 13.3. The average molecular weight is 398 g/mol. The summed E-state index contributed by atoms with van der Waals surface area (Å²) in [4.78, 5) is 43.8. The first-order valence-corrected chi connectivity index (χ1v) is 9.88. The van der Waals surface area contributed by atoms with Gasteiger partial charge in [0.15, 0.2) is 0 Å². The molecule has 7 nitrogen and oxygen atoms in total. The first kappa shape index (κ1) is 19.8. The van der Waals surface area contributed by atoms with Gasteiger partial charge in [-0.15, -0.1) is 0 Å². The highest BCUT2D eigenvalue weighted by Crippen LogP contribution is 2.38. The van der Waals surface area contributed by atoms with Crippen LogP contribution in [0.2, 0.25) is 0 Å². The maximum atomic E-state index is 13.3. The monoisotopic (exact) mass is 398 g/mol. The summed E-state index contributed by atoms with van der Waals surface area (Å²) in [5.74, 6) is 0.542. The molecule has 2 rings (SSSR count). The van der Waals surface area contributed by atoms with Crippen molar-refractivity contribution in [2.24, 2.45) is 0 Å². The second-order valence-electron chi connectivity index (χ2n) is 5.15. The van der Waals surface area contributed by atoms with E-state index in [0.29, 0.717) is 16.4 Å². The SMILES string of the molecule is CCSCc1cc2c(cc1C(F)(F)F)[nH]c(=O)c(=O)n2CP(=O)(O)O. The van der Waals surface area contributed by atoms with Crippen molar-refractivity contribution in [2.45, 2.75) is 25.1 Å². The molecule has 0 atom stereocenters. The van der Waals surface area contributed by atoms with Crippen LogP contribution in [-0.4, -0.2) is 25.1 Å². The summed E-state index contributed by atoms with van der Waals surface area (Å²) in [6.07, 6.45) is -5.78. The molecule has 2 aromatic rings. The lowest BCUT2D eigenvalue weighted by atomic mass is 10.1. The normalized spacial score (nSPS) is 12.7. The van der Waals surface area contributed by atoms with Crippen molar-refractivity contribution in [3.05, 3.63) is 44.0 Å². The number of thioether (sulfide) groups is 1. The molecule has 0 amide bonds. The molecule has 0 aliphatic heterocycles. The molecule has 0 saturated carbocycles. The molecule has 0 aliphatic carbocycles. The summed E-state index contributed by atoms with van der Waals surface area (Å²) < 4.78 is 51.5. The van der Waals surface area contributed by atoms with E-state index < -0.39 is 36.7 Å². The topological polar surface area (TPSA) is 112 Å². The lowest BCUT2D eigenvalue weighted by Gasteiger charge is -2.16. The molecule has 1 aromatic heterocycles. The van der Waals surface area contributed by atoms with Crippen LogP contribution in [-0.2, 0) is 22.8 Å². The molecule has 0 radical (unpaired) electrons. The number of aromatic amines is 1. The van der Waals surface area contributed by atoms with Gasteiger partial charge < -0.3 is 14.8 Å². The van der Waals surface area contributed by atoms with Gasteiger partial charge in [0.25, 0.3) is 0 Å². The fourth-order valence-corrected chi connectivity index (χ4v) is 3.59. The average Bonchev–Trinajstić information content (AvgIpc) is 2.47. The molecule has 138 valence electrons. The number of hydrogen-bond donors (Lipinski definition) is 3. The standard InChI is InChI=1S/C13H14F3N2O5PS/c1-2-25-5-7-3-10-9(4-8(7)13(14,15)16)17-11(19)12(20)18(10)6-24(21,22)23/h3-4H,2,5-6H2,1H3,(H,17,19)(H2,21,22,23). The van der Waals surface area contributed by atoms with Gasteiger partial charge in [-0.3, -0.25) is 18.7 Å². The molecule has 3 N–H and O–H groups in total. The van der Waals surface area contributed by atoms with Crippen molar-refractivity contribution in [1.82, 2.24) is 9.55 Å². The van der Waals surface area contributed by atoms with E-state index in [1.807, 2.05) is 4.98 Å². The number of H-pyrrole nitrogens is 1. The van der Waals surface area contributed by atoms with Gasteiger partial charge in [-0.05, 0) is 23.4 Å². The zero-order valence-corrected chi connectivity index (χ0v) is 14.5. The zero-order valence-electron chi connectivity index (χ0n) is 12.8. The smallest absolute Gasteiger partial charge is 0.323 e. The molecule has 1 aromatic carbocycles. The molecular formula is C13H14F3N2O5PS. The molecule has 0 spiro atoms. The Labute approximate surface area is 143 Å². The summed E-state index contributed by atoms with van der Waals surface area (Å²) in [7, 11) is -4.74. The summed E-state index contributed by atoms with van der Waals surface area (Å²) in [6, 6.07) is 1.71. The Morgan fingerprint density at radius 3 is 2.44 bits per heavy atom. The molecule has 25 heavy (non-hydrogen) atoms. The minimum absolute atomic E-state index is 0.00941. The van der Waals surface area contributed by atoms with Crippen LogP contribution in [0.5, 0.6) is 0 Å². The van der Waals surface area contributed by atoms with E-state index in [1.165, 1.54) is 11.8 Å². The number of benzene rings is 1. The van der Waals surface area contributed by atoms with Crippen molar-refractivity contribution in [3.8, 4) is 0 Å². The van der Waals surface area contributed by atoms with Gasteiger partial charge in [0, 0.05) is 5.75 Å². The Balaban J connectivity index is 2.85. The van der Waals surface area contributed by atoms with Gasteiger partial charge >= 0.3 is 24.9 Å². The molecule has 0 fully saturated rings. The van der Waals surface area contributed by atoms with E-state index >= 15 is 0 Å². The lowest BCUT2D eigenvalue weighted by molar-refractivity contribution is -0.138. The highest BCUT2D eigenvalue weighted by Gasteiger charge is 2.34. The predicted octanol–water partition coefficient (Wildman–Crippen LogP) is 2.10. The van der Waals surface area contributed by atoms with Crippen LogP contribution in [0.15, 0.2) is 21.7 Å². The molecular weight excluding hydrogens is 384 g/mol. The number of aromatic nitrogens is 2. The second-order valence-corrected chi connectivity index (χ2v) is 8.04. The Morgan fingerprint density at radius 2 is 1.92 bits per heavy atom. The quantitative estimate of drug-likeness (QED) is 0.525. The van der Waals surface area contributed by atoms with E-state index in [2.05, 4.69) is 0 Å². The number of rotatable bonds is 5. The molecule has 12 heteroatoms. The Bertz CT molecular complexity index is 963. The van der Waals surface area contributed by atoms with Crippen molar-refractivity contribution >= 4 is 30.4 Å². The van der Waals surface area contributed by atoms with Gasteiger partial charge in [0.1, 0.15) is 6.29 Å². The number of nitrogens with one attached hydrogen (secondary N) is 1. The molecule has 0 bridgehead atoms. The van der Waals surface area contributed by atoms with E-state index in [4.69, 9.17) is 9.79 Å². The van der Waals surface area contributed by atoms with Gasteiger partial charge in [-0.2, -0.15) is 24.9 Å². The zero-order chi connectivity index (χ0) is 19.0. The lowest BCUT2D eigenvalue weighted by Crippen LogP contribution is -2.36. The third-order valence-electron chi connectivity index (χ3n) is 3.29. The first-order valence-electron chi connectivity index (χ1n) is 6.93. The molecule has 1 heterocycles. The first-order chi connectivity index (χ1) is 11.4. The molecule has 0 unspecified atom stereocenters. The van der Waals surface area contributed by atoms with E-state index in [-0.39, 0.29) is 22.3 Å². The molecule has 0 aliphatic rings. The largest absolute Gasteiger partial charge is 0.416 e. The van der Waals surface area contributed by atoms with E-state index in [9.17, 15) is 27.3 Å². The van der Waals surface area contributed by atoms with Crippen molar-refractivity contribution in [3.63, 3.8) is 0 Å². The maximum Gasteiger partial charge on any atom is 0.416 e. The molecule has 0 saturated heterocycles. The van der Waals surface area contributed by atoms with Crippen LogP contribution < -0.4 is 11.1 Å². The highest BCUT2D eigenvalue weighted by molar-refractivity contribution is 7.98. The minimum Gasteiger partial charge on any atom is -0.323 e. The summed E-state index contributed by atoms with van der Waals surface area (Å²) in [5, 5.41) is 0. The Morgan fingerprint density at radius 1 is 1.28 bits per heavy atom. The number of hydrogen-bond acceptors (Lipinski definition) is 4. The van der Waals surface area contributed by atoms with Crippen molar-refractivity contribution in [2.75, 3.05) is 5.75 Å². The van der Waals surface area contributed by atoms with Crippen LogP contribution in [0.1, 0.15) is 18.1 Å². The number of fused-ring (bicyclic) bond motifs is 1. The Kier molecular flexibility index (Phi) is 5.53. The number of nitrogens with zero attached hydrogens (tertiary/aromatic N) is 1. The third-order valence-corrected chi connectivity index (χ3v) is 4.87. The van der Waals surface area contributed by atoms with Crippen LogP contribution in [0, 0.1) is 0 Å². The van der Waals surface area contributed by atoms with Gasteiger partial charge in [-0.1, -0.05) is 6.92 Å².